The number of nitro groups is 1. The lowest BCUT2D eigenvalue weighted by Gasteiger charge is -2.04. The van der Waals surface area contributed by atoms with Crippen LogP contribution in [0.4, 0.5) is 5.69 Å². The van der Waals surface area contributed by atoms with Crippen LogP contribution in [0.25, 0.3) is 0 Å². The van der Waals surface area contributed by atoms with Crippen LogP contribution in [0.3, 0.4) is 0 Å². The van der Waals surface area contributed by atoms with Gasteiger partial charge in [-0.2, -0.15) is 5.10 Å². The van der Waals surface area contributed by atoms with Gasteiger partial charge in [-0.3, -0.25) is 14.9 Å². The molecule has 0 saturated carbocycles. The fourth-order valence-corrected chi connectivity index (χ4v) is 1.83. The lowest BCUT2D eigenvalue weighted by molar-refractivity contribution is -0.384. The van der Waals surface area contributed by atoms with Gasteiger partial charge in [-0.1, -0.05) is 6.92 Å². The Bertz CT molecular complexity index is 725. The van der Waals surface area contributed by atoms with Crippen LogP contribution in [0.5, 0.6) is 5.75 Å². The molecule has 2 aromatic rings. The van der Waals surface area contributed by atoms with Crippen molar-refractivity contribution < 1.29 is 14.5 Å². The Morgan fingerprint density at radius 3 is 2.46 bits per heavy atom. The number of benzene rings is 2. The van der Waals surface area contributed by atoms with E-state index in [-0.39, 0.29) is 5.69 Å². The average molecular weight is 327 g/mol. The summed E-state index contributed by atoms with van der Waals surface area (Å²) in [5.41, 5.74) is 3.41. The Morgan fingerprint density at radius 2 is 1.88 bits per heavy atom. The number of nitrogens with one attached hydrogen (secondary N) is 1. The van der Waals surface area contributed by atoms with Crippen LogP contribution in [0, 0.1) is 10.1 Å². The monoisotopic (exact) mass is 327 g/mol. The third-order valence-corrected chi connectivity index (χ3v) is 3.07. The standard InChI is InChI=1S/C17H17N3O4/c1-2-11-24-16-9-3-13(4-10-16)12-18-19-17(21)14-5-7-15(8-6-14)20(22)23/h3-10,12H,2,11H2,1H3,(H,19,21)/b18-12+. The summed E-state index contributed by atoms with van der Waals surface area (Å²) in [6.45, 7) is 2.70. The summed E-state index contributed by atoms with van der Waals surface area (Å²) >= 11 is 0. The SMILES string of the molecule is CCCOc1ccc(/C=N/NC(=O)c2ccc([N+](=O)[O-])cc2)cc1. The molecule has 0 aliphatic rings. The normalized spacial score (nSPS) is 10.5. The molecule has 7 heteroatoms. The van der Waals surface area contributed by atoms with Gasteiger partial charge in [-0.15, -0.1) is 0 Å². The van der Waals surface area contributed by atoms with Gasteiger partial charge in [-0.25, -0.2) is 5.43 Å². The summed E-state index contributed by atoms with van der Waals surface area (Å²) in [4.78, 5) is 21.9. The van der Waals surface area contributed by atoms with Gasteiger partial charge in [0.2, 0.25) is 0 Å². The third-order valence-electron chi connectivity index (χ3n) is 3.07. The number of hydrogen-bond acceptors (Lipinski definition) is 5. The molecule has 1 N–H and O–H groups in total. The van der Waals surface area contributed by atoms with Crippen LogP contribution in [0.2, 0.25) is 0 Å². The molecule has 0 aliphatic heterocycles. The highest BCUT2D eigenvalue weighted by Crippen LogP contribution is 2.12. The first-order chi connectivity index (χ1) is 11.6. The maximum absolute atomic E-state index is 11.9. The molecule has 24 heavy (non-hydrogen) atoms. The van der Waals surface area contributed by atoms with Gasteiger partial charge in [0.15, 0.2) is 0 Å². The number of nitrogens with zero attached hydrogens (tertiary/aromatic N) is 2. The van der Waals surface area contributed by atoms with Gasteiger partial charge in [0.1, 0.15) is 5.75 Å². The summed E-state index contributed by atoms with van der Waals surface area (Å²) in [5.74, 6) is 0.341. The number of hydrogen-bond donors (Lipinski definition) is 1. The number of non-ortho nitro benzene ring substituents is 1. The zero-order valence-corrected chi connectivity index (χ0v) is 13.1. The van der Waals surface area contributed by atoms with E-state index in [9.17, 15) is 14.9 Å². The summed E-state index contributed by atoms with van der Waals surface area (Å²) < 4.78 is 5.47. The summed E-state index contributed by atoms with van der Waals surface area (Å²) in [5, 5.41) is 14.4. The second-order valence-electron chi connectivity index (χ2n) is 4.92. The van der Waals surface area contributed by atoms with E-state index in [0.29, 0.717) is 12.2 Å². The second kappa shape index (κ2) is 8.42. The smallest absolute Gasteiger partial charge is 0.271 e. The summed E-state index contributed by atoms with van der Waals surface area (Å²) in [6.07, 6.45) is 2.45. The van der Waals surface area contributed by atoms with E-state index in [1.165, 1.54) is 30.5 Å². The lowest BCUT2D eigenvalue weighted by atomic mass is 10.2. The fourth-order valence-electron chi connectivity index (χ4n) is 1.83. The summed E-state index contributed by atoms with van der Waals surface area (Å²) in [7, 11) is 0. The maximum Gasteiger partial charge on any atom is 0.271 e. The van der Waals surface area contributed by atoms with Crippen LogP contribution >= 0.6 is 0 Å². The zero-order chi connectivity index (χ0) is 17.4. The van der Waals surface area contributed by atoms with Crippen LogP contribution < -0.4 is 10.2 Å². The molecule has 0 aromatic heterocycles. The van der Waals surface area contributed by atoms with Gasteiger partial charge in [-0.05, 0) is 48.4 Å². The molecule has 0 aliphatic carbocycles. The average Bonchev–Trinajstić information content (AvgIpc) is 2.61. The number of hydrazone groups is 1. The van der Waals surface area contributed by atoms with Gasteiger partial charge in [0, 0.05) is 17.7 Å². The molecule has 0 fully saturated rings. The Balaban J connectivity index is 1.90. The molecule has 0 heterocycles. The molecular formula is C17H17N3O4. The van der Waals surface area contributed by atoms with Gasteiger partial charge in [0.05, 0.1) is 17.7 Å². The number of carbonyl (C=O) groups is 1. The molecule has 7 nitrogen and oxygen atoms in total. The third kappa shape index (κ3) is 4.91. The highest BCUT2D eigenvalue weighted by atomic mass is 16.6. The Hall–Kier alpha value is -3.22. The van der Waals surface area contributed by atoms with Crippen LogP contribution in [-0.2, 0) is 0 Å². The first-order valence-electron chi connectivity index (χ1n) is 7.41. The molecule has 1 amide bonds. The number of nitro benzene ring substituents is 1. The Kier molecular flexibility index (Phi) is 6.01. The van der Waals surface area contributed by atoms with Gasteiger partial charge in [0.25, 0.3) is 11.6 Å². The summed E-state index contributed by atoms with van der Waals surface area (Å²) in [6, 6.07) is 12.6. The number of rotatable bonds is 7. The number of ether oxygens (including phenoxy) is 1. The van der Waals surface area contributed by atoms with E-state index in [1.807, 2.05) is 31.2 Å². The molecule has 2 rings (SSSR count). The molecule has 0 spiro atoms. The van der Waals surface area contributed by atoms with Crippen molar-refractivity contribution >= 4 is 17.8 Å². The molecule has 0 bridgehead atoms. The van der Waals surface area contributed by atoms with Crippen molar-refractivity contribution in [3.63, 3.8) is 0 Å². The molecule has 0 radical (unpaired) electrons. The quantitative estimate of drug-likeness (QED) is 0.480. The van der Waals surface area contributed by atoms with Crippen LogP contribution in [0.15, 0.2) is 53.6 Å². The second-order valence-corrected chi connectivity index (χ2v) is 4.92. The largest absolute Gasteiger partial charge is 0.494 e. The predicted molar refractivity (Wildman–Crippen MR) is 90.4 cm³/mol. The molecular weight excluding hydrogens is 310 g/mol. The Labute approximate surface area is 139 Å². The molecule has 0 saturated heterocycles. The highest BCUT2D eigenvalue weighted by Gasteiger charge is 2.08. The van der Waals surface area contributed by atoms with Crippen molar-refractivity contribution in [1.29, 1.82) is 0 Å². The first-order valence-corrected chi connectivity index (χ1v) is 7.41. The van der Waals surface area contributed by atoms with E-state index in [4.69, 9.17) is 4.74 Å². The fraction of sp³-hybridized carbons (Fsp3) is 0.176. The topological polar surface area (TPSA) is 93.8 Å². The molecule has 2 aromatic carbocycles. The number of amides is 1. The minimum Gasteiger partial charge on any atom is -0.494 e. The predicted octanol–water partition coefficient (Wildman–Crippen LogP) is 3.15. The minimum absolute atomic E-state index is 0.0690. The van der Waals surface area contributed by atoms with Crippen molar-refractivity contribution in [3.05, 3.63) is 69.8 Å². The first kappa shape index (κ1) is 17.1. The molecule has 124 valence electrons. The van der Waals surface area contributed by atoms with Crippen molar-refractivity contribution in [2.75, 3.05) is 6.61 Å². The van der Waals surface area contributed by atoms with Crippen LogP contribution in [0.1, 0.15) is 29.3 Å². The van der Waals surface area contributed by atoms with Gasteiger partial charge >= 0.3 is 0 Å². The Morgan fingerprint density at radius 1 is 1.21 bits per heavy atom. The van der Waals surface area contributed by atoms with Gasteiger partial charge < -0.3 is 4.74 Å². The minimum atomic E-state index is -0.520. The van der Waals surface area contributed by atoms with Crippen molar-refractivity contribution in [2.45, 2.75) is 13.3 Å². The molecule has 0 unspecified atom stereocenters. The maximum atomic E-state index is 11.9. The lowest BCUT2D eigenvalue weighted by Crippen LogP contribution is -2.17. The van der Waals surface area contributed by atoms with E-state index < -0.39 is 10.8 Å². The molecule has 0 atom stereocenters. The van der Waals surface area contributed by atoms with E-state index >= 15 is 0 Å². The van der Waals surface area contributed by atoms with E-state index in [2.05, 4.69) is 10.5 Å². The van der Waals surface area contributed by atoms with E-state index in [0.717, 1.165) is 17.7 Å². The van der Waals surface area contributed by atoms with E-state index in [1.54, 1.807) is 0 Å². The highest BCUT2D eigenvalue weighted by molar-refractivity contribution is 5.95. The van der Waals surface area contributed by atoms with Crippen molar-refractivity contribution in [3.8, 4) is 5.75 Å². The van der Waals surface area contributed by atoms with Crippen LogP contribution in [-0.4, -0.2) is 23.7 Å². The zero-order valence-electron chi connectivity index (χ0n) is 13.1. The van der Waals surface area contributed by atoms with Crippen molar-refractivity contribution in [2.24, 2.45) is 5.10 Å². The number of carbonyl (C=O) groups excluding carboxylic acids is 1. The van der Waals surface area contributed by atoms with Crippen molar-refractivity contribution in [1.82, 2.24) is 5.43 Å².